The third kappa shape index (κ3) is 5.97. The van der Waals surface area contributed by atoms with Gasteiger partial charge in [-0.3, -0.25) is 9.48 Å². The van der Waals surface area contributed by atoms with Crippen LogP contribution < -0.4 is 5.32 Å². The van der Waals surface area contributed by atoms with Crippen LogP contribution >= 0.6 is 0 Å². The number of aliphatic hydroxyl groups is 1. The number of aryl methyl sites for hydroxylation is 1. The van der Waals surface area contributed by atoms with Crippen LogP contribution in [0.25, 0.3) is 0 Å². The summed E-state index contributed by atoms with van der Waals surface area (Å²) >= 11 is 0. The Morgan fingerprint density at radius 1 is 1.19 bits per heavy atom. The Hall–Kier alpha value is -2.18. The predicted molar refractivity (Wildman–Crippen MR) is 101 cm³/mol. The standard InChI is InChI=1S/C20H28N4O2/c25-19(16-24-12-4-11-21-24)15-23-13-9-18(10-14-23)22-20(26)8-7-17-5-2-1-3-6-17/h1-6,11-12,18-19,25H,7-10,13-16H2,(H,22,26)/t19-/m1/s1. The first kappa shape index (κ1) is 18.6. The minimum absolute atomic E-state index is 0.131. The Balaban J connectivity index is 1.32. The molecule has 0 unspecified atom stereocenters. The van der Waals surface area contributed by atoms with E-state index in [1.54, 1.807) is 10.9 Å². The van der Waals surface area contributed by atoms with E-state index in [0.29, 0.717) is 19.5 Å². The summed E-state index contributed by atoms with van der Waals surface area (Å²) in [7, 11) is 0. The average molecular weight is 356 g/mol. The fourth-order valence-electron chi connectivity index (χ4n) is 3.44. The number of rotatable bonds is 8. The van der Waals surface area contributed by atoms with Crippen molar-refractivity contribution in [2.24, 2.45) is 0 Å². The summed E-state index contributed by atoms with van der Waals surface area (Å²) in [6, 6.07) is 12.2. The highest BCUT2D eigenvalue weighted by Gasteiger charge is 2.22. The zero-order valence-electron chi connectivity index (χ0n) is 15.1. The molecule has 3 rings (SSSR count). The van der Waals surface area contributed by atoms with Gasteiger partial charge in [-0.05, 0) is 30.9 Å². The Morgan fingerprint density at radius 2 is 1.96 bits per heavy atom. The van der Waals surface area contributed by atoms with Crippen LogP contribution in [0.5, 0.6) is 0 Å². The number of nitrogens with zero attached hydrogens (tertiary/aromatic N) is 3. The molecule has 2 heterocycles. The van der Waals surface area contributed by atoms with E-state index in [1.807, 2.05) is 30.5 Å². The normalized spacial score (nSPS) is 17.1. The molecule has 1 atom stereocenters. The number of aromatic nitrogens is 2. The summed E-state index contributed by atoms with van der Waals surface area (Å²) in [5.74, 6) is 0.131. The van der Waals surface area contributed by atoms with Crippen molar-refractivity contribution in [1.29, 1.82) is 0 Å². The van der Waals surface area contributed by atoms with Crippen molar-refractivity contribution in [1.82, 2.24) is 20.0 Å². The molecule has 0 bridgehead atoms. The molecule has 1 amide bonds. The zero-order chi connectivity index (χ0) is 18.2. The van der Waals surface area contributed by atoms with Crippen LogP contribution in [-0.2, 0) is 17.8 Å². The summed E-state index contributed by atoms with van der Waals surface area (Å²) in [6.07, 6.45) is 6.35. The van der Waals surface area contributed by atoms with E-state index in [1.165, 1.54) is 5.56 Å². The van der Waals surface area contributed by atoms with Gasteiger partial charge in [0.05, 0.1) is 12.6 Å². The second-order valence-electron chi connectivity index (χ2n) is 7.01. The van der Waals surface area contributed by atoms with E-state index < -0.39 is 6.10 Å². The Bertz CT molecular complexity index is 652. The molecule has 0 spiro atoms. The minimum Gasteiger partial charge on any atom is -0.390 e. The first-order valence-electron chi connectivity index (χ1n) is 9.40. The molecule has 0 saturated carbocycles. The second kappa shape index (κ2) is 9.50. The van der Waals surface area contributed by atoms with Gasteiger partial charge in [-0.1, -0.05) is 30.3 Å². The number of carbonyl (C=O) groups excluding carboxylic acids is 1. The molecule has 1 aromatic carbocycles. The summed E-state index contributed by atoms with van der Waals surface area (Å²) in [6.45, 7) is 2.97. The molecule has 2 N–H and O–H groups in total. The predicted octanol–water partition coefficient (Wildman–Crippen LogP) is 1.46. The number of hydrogen-bond donors (Lipinski definition) is 2. The van der Waals surface area contributed by atoms with Gasteiger partial charge < -0.3 is 15.3 Å². The van der Waals surface area contributed by atoms with Gasteiger partial charge in [0.25, 0.3) is 0 Å². The lowest BCUT2D eigenvalue weighted by Gasteiger charge is -2.33. The third-order valence-electron chi connectivity index (χ3n) is 4.86. The largest absolute Gasteiger partial charge is 0.390 e. The van der Waals surface area contributed by atoms with E-state index in [0.717, 1.165) is 32.4 Å². The van der Waals surface area contributed by atoms with Crippen molar-refractivity contribution < 1.29 is 9.90 Å². The first-order chi connectivity index (χ1) is 12.7. The van der Waals surface area contributed by atoms with Gasteiger partial charge in [-0.15, -0.1) is 0 Å². The van der Waals surface area contributed by atoms with Crippen LogP contribution in [0.3, 0.4) is 0 Å². The molecule has 1 aromatic heterocycles. The summed E-state index contributed by atoms with van der Waals surface area (Å²) < 4.78 is 1.75. The van der Waals surface area contributed by atoms with Crippen molar-refractivity contribution in [2.45, 2.75) is 44.4 Å². The van der Waals surface area contributed by atoms with Crippen LogP contribution in [0.15, 0.2) is 48.8 Å². The minimum atomic E-state index is -0.424. The summed E-state index contributed by atoms with van der Waals surface area (Å²) in [5.41, 5.74) is 1.20. The van der Waals surface area contributed by atoms with Gasteiger partial charge in [0.2, 0.25) is 5.91 Å². The molecule has 1 aliphatic heterocycles. The van der Waals surface area contributed by atoms with E-state index in [-0.39, 0.29) is 11.9 Å². The first-order valence-corrected chi connectivity index (χ1v) is 9.40. The average Bonchev–Trinajstić information content (AvgIpc) is 3.15. The van der Waals surface area contributed by atoms with Gasteiger partial charge in [0.1, 0.15) is 0 Å². The van der Waals surface area contributed by atoms with Crippen LogP contribution in [0.4, 0.5) is 0 Å². The van der Waals surface area contributed by atoms with Crippen LogP contribution in [0.2, 0.25) is 0 Å². The van der Waals surface area contributed by atoms with Crippen molar-refractivity contribution in [3.05, 3.63) is 54.4 Å². The number of β-amino-alcohol motifs (C(OH)–C–C–N with tert-alkyl or cyclic N) is 1. The molecule has 6 heteroatoms. The molecule has 140 valence electrons. The molecule has 6 nitrogen and oxygen atoms in total. The summed E-state index contributed by atoms with van der Waals surface area (Å²) in [5, 5.41) is 17.5. The molecular formula is C20H28N4O2. The molecule has 0 radical (unpaired) electrons. The van der Waals surface area contributed by atoms with E-state index in [4.69, 9.17) is 0 Å². The Kier molecular flexibility index (Phi) is 6.80. The topological polar surface area (TPSA) is 70.4 Å². The zero-order valence-corrected chi connectivity index (χ0v) is 15.1. The van der Waals surface area contributed by atoms with Gasteiger partial charge >= 0.3 is 0 Å². The highest BCUT2D eigenvalue weighted by atomic mass is 16.3. The number of aliphatic hydroxyl groups excluding tert-OH is 1. The van der Waals surface area contributed by atoms with Crippen LogP contribution in [0, 0.1) is 0 Å². The molecule has 0 aliphatic carbocycles. The van der Waals surface area contributed by atoms with E-state index >= 15 is 0 Å². The van der Waals surface area contributed by atoms with Gasteiger partial charge in [0.15, 0.2) is 0 Å². The number of amides is 1. The lowest BCUT2D eigenvalue weighted by molar-refractivity contribution is -0.122. The molecule has 26 heavy (non-hydrogen) atoms. The monoisotopic (exact) mass is 356 g/mol. The number of benzene rings is 1. The third-order valence-corrected chi connectivity index (χ3v) is 4.86. The lowest BCUT2D eigenvalue weighted by Crippen LogP contribution is -2.47. The van der Waals surface area contributed by atoms with Crippen molar-refractivity contribution in [3.8, 4) is 0 Å². The van der Waals surface area contributed by atoms with Gasteiger partial charge in [-0.25, -0.2) is 0 Å². The van der Waals surface area contributed by atoms with E-state index in [2.05, 4.69) is 27.4 Å². The van der Waals surface area contributed by atoms with Crippen molar-refractivity contribution in [2.75, 3.05) is 19.6 Å². The number of likely N-dealkylation sites (tertiary alicyclic amines) is 1. The Labute approximate surface area is 154 Å². The van der Waals surface area contributed by atoms with E-state index in [9.17, 15) is 9.90 Å². The fraction of sp³-hybridized carbons (Fsp3) is 0.500. The number of hydrogen-bond acceptors (Lipinski definition) is 4. The molecule has 2 aromatic rings. The fourth-order valence-corrected chi connectivity index (χ4v) is 3.44. The quantitative estimate of drug-likeness (QED) is 0.751. The SMILES string of the molecule is O=C(CCc1ccccc1)NC1CCN(C[C@@H](O)Cn2cccn2)CC1. The highest BCUT2D eigenvalue weighted by Crippen LogP contribution is 2.12. The maximum absolute atomic E-state index is 12.1. The number of nitrogens with one attached hydrogen (secondary N) is 1. The second-order valence-corrected chi connectivity index (χ2v) is 7.01. The lowest BCUT2D eigenvalue weighted by atomic mass is 10.0. The van der Waals surface area contributed by atoms with Crippen LogP contribution in [-0.4, -0.2) is 57.5 Å². The number of piperidine rings is 1. The highest BCUT2D eigenvalue weighted by molar-refractivity contribution is 5.76. The van der Waals surface area contributed by atoms with Crippen molar-refractivity contribution in [3.63, 3.8) is 0 Å². The van der Waals surface area contributed by atoms with Gasteiger partial charge in [0, 0.05) is 44.5 Å². The molecule has 1 saturated heterocycles. The van der Waals surface area contributed by atoms with Gasteiger partial charge in [-0.2, -0.15) is 5.10 Å². The van der Waals surface area contributed by atoms with Crippen LogP contribution in [0.1, 0.15) is 24.8 Å². The number of carbonyl (C=O) groups is 1. The maximum Gasteiger partial charge on any atom is 0.220 e. The smallest absolute Gasteiger partial charge is 0.220 e. The maximum atomic E-state index is 12.1. The van der Waals surface area contributed by atoms with Crippen molar-refractivity contribution >= 4 is 5.91 Å². The molecular weight excluding hydrogens is 328 g/mol. The Morgan fingerprint density at radius 3 is 2.65 bits per heavy atom. The molecule has 1 fully saturated rings. The molecule has 1 aliphatic rings. The summed E-state index contributed by atoms with van der Waals surface area (Å²) in [4.78, 5) is 14.4.